The summed E-state index contributed by atoms with van der Waals surface area (Å²) in [6.07, 6.45) is 9.48. The third kappa shape index (κ3) is 4.25. The van der Waals surface area contributed by atoms with Crippen LogP contribution in [-0.4, -0.2) is 26.6 Å². The number of benzene rings is 3. The van der Waals surface area contributed by atoms with Gasteiger partial charge in [0.1, 0.15) is 11.5 Å². The van der Waals surface area contributed by atoms with E-state index < -0.39 is 5.60 Å². The van der Waals surface area contributed by atoms with E-state index in [1.54, 1.807) is 0 Å². The number of aliphatic imine (C=N–C) groups is 1. The number of rotatable bonds is 3. The first-order chi connectivity index (χ1) is 18.8. The van der Waals surface area contributed by atoms with Gasteiger partial charge in [0, 0.05) is 11.7 Å². The van der Waals surface area contributed by atoms with E-state index in [0.717, 1.165) is 63.8 Å². The fourth-order valence-corrected chi connectivity index (χ4v) is 6.08. The molecule has 3 heterocycles. The maximum absolute atomic E-state index is 6.62. The van der Waals surface area contributed by atoms with Gasteiger partial charge in [-0.2, -0.15) is 0 Å². The normalized spacial score (nSPS) is 21.9. The molecule has 0 spiro atoms. The van der Waals surface area contributed by atoms with Crippen LogP contribution < -0.4 is 0 Å². The fraction of sp³-hybridized carbons (Fsp3) is 0.257. The van der Waals surface area contributed by atoms with Gasteiger partial charge in [0.25, 0.3) is 0 Å². The molecule has 5 aromatic rings. The van der Waals surface area contributed by atoms with E-state index in [1.807, 2.05) is 12.3 Å². The molecule has 0 fully saturated rings. The second-order valence-corrected chi connectivity index (χ2v) is 11.4. The molecule has 5 heteroatoms. The molecule has 2 atom stereocenters. The molecule has 0 unspecified atom stereocenters. The van der Waals surface area contributed by atoms with Crippen LogP contribution in [0.15, 0.2) is 84.0 Å². The fourth-order valence-electron chi connectivity index (χ4n) is 6.08. The second-order valence-electron chi connectivity index (χ2n) is 11.4. The molecule has 202 valence electrons. The molecule has 0 amide bonds. The Balaban J connectivity index is 0.00000289. The number of hydrogen-bond donors (Lipinski definition) is 0. The number of allylic oxidation sites excluding steroid dienone is 1. The van der Waals surface area contributed by atoms with Crippen LogP contribution in [0.1, 0.15) is 49.8 Å². The van der Waals surface area contributed by atoms with Crippen molar-refractivity contribution in [2.24, 2.45) is 4.99 Å². The van der Waals surface area contributed by atoms with Crippen LogP contribution in [-0.2, 0) is 25.8 Å². The van der Waals surface area contributed by atoms with Gasteiger partial charge >= 0.3 is 21.1 Å². The Bertz CT molecular complexity index is 1830. The summed E-state index contributed by atoms with van der Waals surface area (Å²) in [6.45, 7) is 8.59. The minimum atomic E-state index is -0.451. The first-order valence-corrected chi connectivity index (χ1v) is 13.7. The Hall–Kier alpha value is -3.49. The number of hydrogen-bond acceptors (Lipinski definition) is 3. The molecular formula is C35H31N3OPt. The number of aryl methyl sites for hydroxylation is 2. The summed E-state index contributed by atoms with van der Waals surface area (Å²) in [4.78, 5) is 9.80. The van der Waals surface area contributed by atoms with Crippen molar-refractivity contribution in [1.82, 2.24) is 9.55 Å². The maximum Gasteiger partial charge on any atom is 2.00 e. The van der Waals surface area contributed by atoms with Crippen LogP contribution in [0.2, 0.25) is 0 Å². The van der Waals surface area contributed by atoms with Gasteiger partial charge in [0.15, 0.2) is 0 Å². The van der Waals surface area contributed by atoms with Gasteiger partial charge in [-0.1, -0.05) is 53.8 Å². The van der Waals surface area contributed by atoms with Crippen molar-refractivity contribution in [3.8, 4) is 16.9 Å². The van der Waals surface area contributed by atoms with Crippen LogP contribution in [0.4, 0.5) is 0 Å². The summed E-state index contributed by atoms with van der Waals surface area (Å²) in [5.74, 6) is 0.672. The van der Waals surface area contributed by atoms with Gasteiger partial charge in [0.05, 0.1) is 5.54 Å². The molecule has 2 aliphatic rings. The second kappa shape index (κ2) is 9.85. The van der Waals surface area contributed by atoms with Gasteiger partial charge in [-0.25, -0.2) is 0 Å². The molecule has 2 aromatic heterocycles. The summed E-state index contributed by atoms with van der Waals surface area (Å²) < 4.78 is 8.88. The van der Waals surface area contributed by atoms with Gasteiger partial charge in [-0.05, 0) is 80.5 Å². The minimum Gasteiger partial charge on any atom is -0.508 e. The SMILES string of the molecule is Cc1cc(C2=N[C@]3(C)CCCC=C[C@]3(C)O2)[c-]c(-n2c3[c-]c(-c4cc(C)ccn4)ccc3c3ccccc32)c1.[Pt+2]. The van der Waals surface area contributed by atoms with E-state index in [4.69, 9.17) is 9.73 Å². The number of aromatic nitrogens is 2. The quantitative estimate of drug-likeness (QED) is 0.141. The molecule has 1 aliphatic carbocycles. The standard InChI is InChI=1S/C35H31N3O.Pt/c1-23-14-17-36-30(20-23)25-12-13-29-28-10-6-7-11-31(28)38(32(29)22-25)27-19-24(2)18-26(21-27)33-37-34(3)15-8-5-9-16-35(34,4)39-33;/h6-7,9-14,16-20H,5,8,15H2,1-4H3;/q-2;+2/t34-,35+;/m1./s1. The number of nitrogens with zero attached hydrogens (tertiary/aromatic N) is 3. The van der Waals surface area contributed by atoms with Crippen LogP contribution in [0, 0.1) is 26.0 Å². The number of pyridine rings is 1. The molecule has 0 N–H and O–H groups in total. The van der Waals surface area contributed by atoms with Crippen molar-refractivity contribution >= 4 is 27.7 Å². The predicted octanol–water partition coefficient (Wildman–Crippen LogP) is 8.09. The molecule has 4 nitrogen and oxygen atoms in total. The number of para-hydroxylation sites is 1. The van der Waals surface area contributed by atoms with Crippen LogP contribution in [0.25, 0.3) is 38.8 Å². The molecular weight excluding hydrogens is 673 g/mol. The Morgan fingerprint density at radius 1 is 0.900 bits per heavy atom. The molecule has 1 aliphatic heterocycles. The zero-order chi connectivity index (χ0) is 26.8. The van der Waals surface area contributed by atoms with Crippen LogP contribution >= 0.6 is 0 Å². The first-order valence-electron chi connectivity index (χ1n) is 13.7. The van der Waals surface area contributed by atoms with Gasteiger partial charge in [-0.3, -0.25) is 4.99 Å². The smallest absolute Gasteiger partial charge is 0.508 e. The largest absolute Gasteiger partial charge is 2.00 e. The average Bonchev–Trinajstić information content (AvgIpc) is 3.34. The van der Waals surface area contributed by atoms with Crippen LogP contribution in [0.3, 0.4) is 0 Å². The van der Waals surface area contributed by atoms with Crippen molar-refractivity contribution in [2.75, 3.05) is 0 Å². The Morgan fingerprint density at radius 2 is 1.75 bits per heavy atom. The predicted molar refractivity (Wildman–Crippen MR) is 159 cm³/mol. The molecule has 3 aromatic carbocycles. The minimum absolute atomic E-state index is 0. The van der Waals surface area contributed by atoms with E-state index in [-0.39, 0.29) is 26.6 Å². The van der Waals surface area contributed by atoms with E-state index in [1.165, 1.54) is 10.9 Å². The molecule has 0 saturated heterocycles. The monoisotopic (exact) mass is 704 g/mol. The maximum atomic E-state index is 6.62. The van der Waals surface area contributed by atoms with Crippen molar-refractivity contribution in [3.05, 3.63) is 108 Å². The van der Waals surface area contributed by atoms with Crippen molar-refractivity contribution in [1.29, 1.82) is 0 Å². The summed E-state index contributed by atoms with van der Waals surface area (Å²) in [5, 5.41) is 2.34. The van der Waals surface area contributed by atoms with E-state index in [2.05, 4.69) is 116 Å². The van der Waals surface area contributed by atoms with Gasteiger partial charge in [0.2, 0.25) is 0 Å². The Kier molecular flexibility index (Phi) is 6.58. The van der Waals surface area contributed by atoms with Gasteiger partial charge < -0.3 is 14.3 Å². The Labute approximate surface area is 250 Å². The molecule has 0 bridgehead atoms. The summed E-state index contributed by atoms with van der Waals surface area (Å²) in [6, 6.07) is 28.6. The topological polar surface area (TPSA) is 39.4 Å². The molecule has 0 saturated carbocycles. The summed E-state index contributed by atoms with van der Waals surface area (Å²) in [7, 11) is 0. The third-order valence-corrected chi connectivity index (χ3v) is 8.44. The zero-order valence-electron chi connectivity index (χ0n) is 23.2. The third-order valence-electron chi connectivity index (χ3n) is 8.44. The summed E-state index contributed by atoms with van der Waals surface area (Å²) in [5.41, 5.74) is 7.42. The van der Waals surface area contributed by atoms with E-state index >= 15 is 0 Å². The van der Waals surface area contributed by atoms with Crippen molar-refractivity contribution in [2.45, 2.75) is 58.1 Å². The van der Waals surface area contributed by atoms with Crippen molar-refractivity contribution < 1.29 is 25.8 Å². The van der Waals surface area contributed by atoms with Crippen LogP contribution in [0.5, 0.6) is 0 Å². The van der Waals surface area contributed by atoms with Gasteiger partial charge in [-0.15, -0.1) is 47.5 Å². The summed E-state index contributed by atoms with van der Waals surface area (Å²) >= 11 is 0. The molecule has 7 rings (SSSR count). The van der Waals surface area contributed by atoms with Crippen molar-refractivity contribution in [3.63, 3.8) is 0 Å². The number of fused-ring (bicyclic) bond motifs is 4. The molecule has 40 heavy (non-hydrogen) atoms. The zero-order valence-corrected chi connectivity index (χ0v) is 25.5. The van der Waals surface area contributed by atoms with E-state index in [9.17, 15) is 0 Å². The number of ether oxygens (including phenoxy) is 1. The first kappa shape index (κ1) is 26.7. The average molecular weight is 705 g/mol. The molecule has 0 radical (unpaired) electrons. The Morgan fingerprint density at radius 3 is 2.60 bits per heavy atom. The van der Waals surface area contributed by atoms with E-state index in [0.29, 0.717) is 5.90 Å².